The van der Waals surface area contributed by atoms with Gasteiger partial charge in [0.15, 0.2) is 11.5 Å². The Hall–Kier alpha value is -2.21. The lowest BCUT2D eigenvalue weighted by atomic mass is 9.54. The molecule has 6 atom stereocenters. The van der Waals surface area contributed by atoms with Gasteiger partial charge in [0, 0.05) is 30.0 Å². The van der Waals surface area contributed by atoms with Crippen LogP contribution in [0.1, 0.15) is 31.2 Å². The minimum Gasteiger partial charge on any atom is -0.493 e. The molecule has 3 saturated heterocycles. The Morgan fingerprint density at radius 1 is 1.21 bits per heavy atom. The standard InChI is InChI=1S/C23H26N2O4/c1-27-16-8-14-15(9-17(16)28-2)25-20(26)10-18-21-13-7-19-23(14,22(21)25)4-5-24(19)11-12(13)3-6-29-18/h8-9,11,13,18-19,21-22H,3-7,10H2,1-2H3/t13-,18-,19-,21?,22+,23+/m0/s1. The SMILES string of the molecule is COc1cc2c(cc1OC)[C@@]13CCN4C=C5CCO[C@H]6CC(=O)N2[C@@H]1C6[C@H]5C[C@H]43. The molecule has 1 saturated carbocycles. The normalized spacial score (nSPS) is 40.4. The Labute approximate surface area is 170 Å². The largest absolute Gasteiger partial charge is 0.493 e. The van der Waals surface area contributed by atoms with Crippen LogP contribution >= 0.6 is 0 Å². The first kappa shape index (κ1) is 16.6. The van der Waals surface area contributed by atoms with E-state index in [2.05, 4.69) is 22.1 Å². The van der Waals surface area contributed by atoms with E-state index in [0.29, 0.717) is 30.0 Å². The minimum absolute atomic E-state index is 0.0416. The van der Waals surface area contributed by atoms with Crippen LogP contribution in [-0.2, 0) is 14.9 Å². The van der Waals surface area contributed by atoms with Crippen molar-refractivity contribution in [2.24, 2.45) is 11.8 Å². The second kappa shape index (κ2) is 5.28. The van der Waals surface area contributed by atoms with Gasteiger partial charge in [-0.15, -0.1) is 0 Å². The number of carbonyl (C=O) groups is 1. The highest BCUT2D eigenvalue weighted by Gasteiger charge is 2.70. The Bertz CT molecular complexity index is 974. The molecular formula is C23H26N2O4. The van der Waals surface area contributed by atoms with E-state index < -0.39 is 0 Å². The van der Waals surface area contributed by atoms with Gasteiger partial charge in [0.25, 0.3) is 0 Å². The van der Waals surface area contributed by atoms with Gasteiger partial charge in [-0.1, -0.05) is 0 Å². The molecule has 0 N–H and O–H groups in total. The zero-order valence-electron chi connectivity index (χ0n) is 16.9. The maximum absolute atomic E-state index is 13.5. The Morgan fingerprint density at radius 3 is 2.86 bits per heavy atom. The summed E-state index contributed by atoms with van der Waals surface area (Å²) in [5.74, 6) is 2.57. The number of amides is 1. The number of rotatable bonds is 2. The average Bonchev–Trinajstić information content (AvgIpc) is 3.20. The molecule has 2 bridgehead atoms. The molecule has 1 unspecified atom stereocenters. The number of ether oxygens (including phenoxy) is 3. The number of anilines is 1. The molecule has 6 aliphatic rings. The molecule has 6 heteroatoms. The number of hydrogen-bond donors (Lipinski definition) is 0. The minimum atomic E-state index is -0.0416. The number of methoxy groups -OCH3 is 2. The number of hydrogen-bond acceptors (Lipinski definition) is 5. The highest BCUT2D eigenvalue weighted by atomic mass is 16.5. The van der Waals surface area contributed by atoms with Crippen LogP contribution in [0.15, 0.2) is 23.9 Å². The van der Waals surface area contributed by atoms with Crippen LogP contribution in [0, 0.1) is 11.8 Å². The van der Waals surface area contributed by atoms with Gasteiger partial charge < -0.3 is 24.0 Å². The number of nitrogens with zero attached hydrogens (tertiary/aromatic N) is 2. The quantitative estimate of drug-likeness (QED) is 0.771. The van der Waals surface area contributed by atoms with Gasteiger partial charge in [-0.25, -0.2) is 0 Å². The summed E-state index contributed by atoms with van der Waals surface area (Å²) in [5, 5.41) is 0. The van der Waals surface area contributed by atoms with Crippen molar-refractivity contribution < 1.29 is 19.0 Å². The van der Waals surface area contributed by atoms with Crippen molar-refractivity contribution in [3.8, 4) is 11.5 Å². The van der Waals surface area contributed by atoms with Crippen LogP contribution in [0.3, 0.4) is 0 Å². The summed E-state index contributed by atoms with van der Waals surface area (Å²) in [6.07, 6.45) is 6.25. The molecule has 1 aromatic rings. The Kier molecular flexibility index (Phi) is 3.02. The van der Waals surface area contributed by atoms with Crippen LogP contribution in [-0.4, -0.2) is 56.4 Å². The molecule has 7 rings (SSSR count). The van der Waals surface area contributed by atoms with Gasteiger partial charge in [0.1, 0.15) is 0 Å². The fraction of sp³-hybridized carbons (Fsp3) is 0.609. The molecule has 4 fully saturated rings. The topological polar surface area (TPSA) is 51.2 Å². The summed E-state index contributed by atoms with van der Waals surface area (Å²) in [6, 6.07) is 4.83. The van der Waals surface area contributed by atoms with E-state index in [1.54, 1.807) is 19.8 Å². The summed E-state index contributed by atoms with van der Waals surface area (Å²) >= 11 is 0. The molecule has 152 valence electrons. The van der Waals surface area contributed by atoms with Crippen LogP contribution in [0.25, 0.3) is 0 Å². The van der Waals surface area contributed by atoms with E-state index in [1.165, 1.54) is 12.0 Å². The second-order valence-corrected chi connectivity index (χ2v) is 9.46. The second-order valence-electron chi connectivity index (χ2n) is 9.46. The zero-order valence-corrected chi connectivity index (χ0v) is 16.9. The lowest BCUT2D eigenvalue weighted by molar-refractivity contribution is -0.131. The van der Waals surface area contributed by atoms with Gasteiger partial charge >= 0.3 is 0 Å². The van der Waals surface area contributed by atoms with Crippen LogP contribution in [0.2, 0.25) is 0 Å². The molecule has 1 spiro atoms. The third-order valence-corrected chi connectivity index (χ3v) is 8.76. The fourth-order valence-electron chi connectivity index (χ4n) is 7.82. The third-order valence-electron chi connectivity index (χ3n) is 8.76. The van der Waals surface area contributed by atoms with Gasteiger partial charge in [0.2, 0.25) is 5.91 Å². The number of carbonyl (C=O) groups excluding carboxylic acids is 1. The van der Waals surface area contributed by atoms with Crippen molar-refractivity contribution in [3.05, 3.63) is 29.5 Å². The molecule has 1 aromatic carbocycles. The van der Waals surface area contributed by atoms with E-state index in [1.807, 2.05) is 6.07 Å². The third kappa shape index (κ3) is 1.73. The van der Waals surface area contributed by atoms with E-state index in [0.717, 1.165) is 37.4 Å². The van der Waals surface area contributed by atoms with Crippen LogP contribution in [0.4, 0.5) is 5.69 Å². The highest BCUT2D eigenvalue weighted by Crippen LogP contribution is 2.66. The van der Waals surface area contributed by atoms with Gasteiger partial charge in [-0.05, 0) is 48.6 Å². The molecule has 6 nitrogen and oxygen atoms in total. The van der Waals surface area contributed by atoms with Gasteiger partial charge in [-0.3, -0.25) is 4.79 Å². The lowest BCUT2D eigenvalue weighted by Gasteiger charge is -2.57. The molecule has 29 heavy (non-hydrogen) atoms. The van der Waals surface area contributed by atoms with Crippen molar-refractivity contribution in [1.82, 2.24) is 4.90 Å². The Morgan fingerprint density at radius 2 is 2.03 bits per heavy atom. The number of piperidine rings is 1. The maximum atomic E-state index is 13.5. The monoisotopic (exact) mass is 394 g/mol. The summed E-state index contributed by atoms with van der Waals surface area (Å²) in [5.41, 5.74) is 3.82. The van der Waals surface area contributed by atoms with E-state index in [-0.39, 0.29) is 23.5 Å². The molecule has 5 heterocycles. The van der Waals surface area contributed by atoms with Crippen molar-refractivity contribution in [3.63, 3.8) is 0 Å². The summed E-state index contributed by atoms with van der Waals surface area (Å²) in [4.78, 5) is 18.2. The predicted octanol–water partition coefficient (Wildman–Crippen LogP) is 2.46. The summed E-state index contributed by atoms with van der Waals surface area (Å²) in [7, 11) is 3.36. The molecule has 1 amide bonds. The average molecular weight is 394 g/mol. The first-order valence-electron chi connectivity index (χ1n) is 10.8. The van der Waals surface area contributed by atoms with Crippen molar-refractivity contribution in [2.45, 2.75) is 49.3 Å². The molecule has 0 radical (unpaired) electrons. The van der Waals surface area contributed by atoms with Crippen molar-refractivity contribution in [1.29, 1.82) is 0 Å². The predicted molar refractivity (Wildman–Crippen MR) is 106 cm³/mol. The maximum Gasteiger partial charge on any atom is 0.229 e. The molecule has 0 aromatic heterocycles. The smallest absolute Gasteiger partial charge is 0.229 e. The molecule has 1 aliphatic carbocycles. The number of benzene rings is 1. The van der Waals surface area contributed by atoms with Gasteiger partial charge in [-0.2, -0.15) is 0 Å². The van der Waals surface area contributed by atoms with Crippen molar-refractivity contribution in [2.75, 3.05) is 32.3 Å². The first-order chi connectivity index (χ1) is 14.2. The van der Waals surface area contributed by atoms with E-state index in [9.17, 15) is 4.79 Å². The lowest BCUT2D eigenvalue weighted by Crippen LogP contribution is -2.68. The Balaban J connectivity index is 1.53. The highest BCUT2D eigenvalue weighted by molar-refractivity contribution is 5.99. The van der Waals surface area contributed by atoms with Crippen molar-refractivity contribution >= 4 is 11.6 Å². The zero-order chi connectivity index (χ0) is 19.5. The first-order valence-corrected chi connectivity index (χ1v) is 10.8. The van der Waals surface area contributed by atoms with Crippen LogP contribution in [0.5, 0.6) is 11.5 Å². The summed E-state index contributed by atoms with van der Waals surface area (Å²) < 4.78 is 17.6. The van der Waals surface area contributed by atoms with E-state index >= 15 is 0 Å². The van der Waals surface area contributed by atoms with E-state index in [4.69, 9.17) is 14.2 Å². The van der Waals surface area contributed by atoms with Gasteiger partial charge in [0.05, 0.1) is 45.1 Å². The molecular weight excluding hydrogens is 368 g/mol. The fourth-order valence-corrected chi connectivity index (χ4v) is 7.82. The number of fused-ring (bicyclic) bond motifs is 2. The van der Waals surface area contributed by atoms with Crippen LogP contribution < -0.4 is 14.4 Å². The molecule has 5 aliphatic heterocycles. The summed E-state index contributed by atoms with van der Waals surface area (Å²) in [6.45, 7) is 1.80.